The molecule has 4 nitrogen and oxygen atoms in total. The Balaban J connectivity index is 2.33. The van der Waals surface area contributed by atoms with Gasteiger partial charge in [-0.1, -0.05) is 27.7 Å². The van der Waals surface area contributed by atoms with Gasteiger partial charge in [-0.2, -0.15) is 0 Å². The monoisotopic (exact) mass is 270 g/mol. The van der Waals surface area contributed by atoms with Gasteiger partial charge in [0.05, 0.1) is 12.6 Å². The Morgan fingerprint density at radius 1 is 1.47 bits per heavy atom. The van der Waals surface area contributed by atoms with E-state index in [1.807, 2.05) is 14.0 Å². The fourth-order valence-corrected chi connectivity index (χ4v) is 2.35. The molecule has 0 aromatic carbocycles. The van der Waals surface area contributed by atoms with Crippen LogP contribution in [0.3, 0.4) is 0 Å². The molecule has 0 saturated heterocycles. The second kappa shape index (κ2) is 6.71. The molecular formula is C15H30N2O2. The van der Waals surface area contributed by atoms with E-state index in [9.17, 15) is 4.79 Å². The summed E-state index contributed by atoms with van der Waals surface area (Å²) in [5, 5.41) is 3.37. The van der Waals surface area contributed by atoms with Crippen LogP contribution in [0.15, 0.2) is 0 Å². The highest BCUT2D eigenvalue weighted by Crippen LogP contribution is 2.42. The summed E-state index contributed by atoms with van der Waals surface area (Å²) >= 11 is 0. The van der Waals surface area contributed by atoms with Crippen LogP contribution >= 0.6 is 0 Å². The van der Waals surface area contributed by atoms with Crippen LogP contribution in [0.2, 0.25) is 0 Å². The van der Waals surface area contributed by atoms with Gasteiger partial charge in [0, 0.05) is 31.7 Å². The van der Waals surface area contributed by atoms with Crippen LogP contribution in [-0.2, 0) is 9.53 Å². The maximum Gasteiger partial charge on any atom is 0.236 e. The number of hydrogen-bond acceptors (Lipinski definition) is 3. The highest BCUT2D eigenvalue weighted by atomic mass is 16.5. The zero-order chi connectivity index (χ0) is 14.6. The van der Waals surface area contributed by atoms with Gasteiger partial charge in [0.1, 0.15) is 0 Å². The van der Waals surface area contributed by atoms with Crippen molar-refractivity contribution >= 4 is 5.91 Å². The van der Waals surface area contributed by atoms with Crippen molar-refractivity contribution in [3.63, 3.8) is 0 Å². The molecule has 19 heavy (non-hydrogen) atoms. The molecule has 1 rings (SSSR count). The van der Waals surface area contributed by atoms with E-state index < -0.39 is 0 Å². The summed E-state index contributed by atoms with van der Waals surface area (Å²) < 4.78 is 5.92. The molecule has 2 atom stereocenters. The fraction of sp³-hybridized carbons (Fsp3) is 0.933. The molecule has 0 spiro atoms. The Hall–Kier alpha value is -0.610. The molecule has 0 radical (unpaired) electrons. The number of nitrogens with one attached hydrogen (secondary N) is 1. The Bertz CT molecular complexity index is 303. The second-order valence-corrected chi connectivity index (χ2v) is 6.61. The predicted molar refractivity (Wildman–Crippen MR) is 78.1 cm³/mol. The molecule has 1 fully saturated rings. The molecule has 1 saturated carbocycles. The topological polar surface area (TPSA) is 41.6 Å². The first-order valence-electron chi connectivity index (χ1n) is 7.38. The molecule has 2 unspecified atom stereocenters. The van der Waals surface area contributed by atoms with Crippen molar-refractivity contribution in [1.82, 2.24) is 10.2 Å². The molecule has 112 valence electrons. The highest BCUT2D eigenvalue weighted by Gasteiger charge is 2.48. The first-order valence-corrected chi connectivity index (χ1v) is 7.38. The number of carbonyl (C=O) groups excluding carboxylic acids is 1. The minimum absolute atomic E-state index is 0.111. The zero-order valence-corrected chi connectivity index (χ0v) is 13.3. The summed E-state index contributed by atoms with van der Waals surface area (Å²) in [4.78, 5) is 13.5. The van der Waals surface area contributed by atoms with Gasteiger partial charge in [-0.25, -0.2) is 0 Å². The van der Waals surface area contributed by atoms with Crippen LogP contribution in [0.5, 0.6) is 0 Å². The average molecular weight is 270 g/mol. The van der Waals surface area contributed by atoms with E-state index in [1.165, 1.54) is 0 Å². The van der Waals surface area contributed by atoms with Crippen LogP contribution in [0.25, 0.3) is 0 Å². The number of nitrogens with zero attached hydrogens (tertiary/aromatic N) is 1. The number of carbonyl (C=O) groups is 1. The van der Waals surface area contributed by atoms with E-state index in [4.69, 9.17) is 4.74 Å². The Morgan fingerprint density at radius 2 is 2.11 bits per heavy atom. The second-order valence-electron chi connectivity index (χ2n) is 6.61. The minimum Gasteiger partial charge on any atom is -0.377 e. The molecule has 0 aliphatic heterocycles. The summed E-state index contributed by atoms with van der Waals surface area (Å²) in [6, 6.07) is 0.374. The first kappa shape index (κ1) is 16.4. The number of rotatable bonds is 7. The van der Waals surface area contributed by atoms with Crippen LogP contribution in [0.1, 0.15) is 41.0 Å². The molecule has 4 heteroatoms. The van der Waals surface area contributed by atoms with Crippen LogP contribution in [-0.4, -0.2) is 49.7 Å². The molecule has 1 aliphatic rings. The smallest absolute Gasteiger partial charge is 0.236 e. The van der Waals surface area contributed by atoms with Gasteiger partial charge in [-0.3, -0.25) is 4.79 Å². The van der Waals surface area contributed by atoms with Crippen LogP contribution in [0, 0.1) is 11.3 Å². The Morgan fingerprint density at radius 3 is 2.58 bits per heavy atom. The summed E-state index contributed by atoms with van der Waals surface area (Å²) in [5.41, 5.74) is 0.111. The van der Waals surface area contributed by atoms with Crippen LogP contribution < -0.4 is 5.32 Å². The normalized spacial score (nSPS) is 25.2. The van der Waals surface area contributed by atoms with Gasteiger partial charge in [-0.15, -0.1) is 0 Å². The molecule has 1 aliphatic carbocycles. The maximum atomic E-state index is 11.8. The van der Waals surface area contributed by atoms with Gasteiger partial charge in [0.15, 0.2) is 0 Å². The lowest BCUT2D eigenvalue weighted by molar-refractivity contribution is -0.135. The lowest BCUT2D eigenvalue weighted by Crippen LogP contribution is -2.62. The molecule has 1 N–H and O–H groups in total. The van der Waals surface area contributed by atoms with Gasteiger partial charge >= 0.3 is 0 Å². The number of ether oxygens (including phenoxy) is 1. The van der Waals surface area contributed by atoms with E-state index in [-0.39, 0.29) is 11.3 Å². The third kappa shape index (κ3) is 4.18. The lowest BCUT2D eigenvalue weighted by atomic mass is 9.64. The highest BCUT2D eigenvalue weighted by molar-refractivity contribution is 5.77. The summed E-state index contributed by atoms with van der Waals surface area (Å²) in [6.45, 7) is 12.8. The third-order valence-corrected chi connectivity index (χ3v) is 4.21. The van der Waals surface area contributed by atoms with Gasteiger partial charge < -0.3 is 15.0 Å². The molecule has 0 heterocycles. The molecule has 0 bridgehead atoms. The number of likely N-dealkylation sites (N-methyl/N-ethyl adjacent to an activating group) is 1. The van der Waals surface area contributed by atoms with Crippen molar-refractivity contribution in [3.05, 3.63) is 0 Å². The lowest BCUT2D eigenvalue weighted by Gasteiger charge is -2.52. The fourth-order valence-electron chi connectivity index (χ4n) is 2.35. The number of hydrogen-bond donors (Lipinski definition) is 1. The minimum atomic E-state index is 0.111. The zero-order valence-electron chi connectivity index (χ0n) is 13.3. The van der Waals surface area contributed by atoms with E-state index in [1.54, 1.807) is 4.90 Å². The van der Waals surface area contributed by atoms with Crippen molar-refractivity contribution in [2.75, 3.05) is 26.7 Å². The summed E-state index contributed by atoms with van der Waals surface area (Å²) in [7, 11) is 1.84. The van der Waals surface area contributed by atoms with E-state index >= 15 is 0 Å². The van der Waals surface area contributed by atoms with Crippen LogP contribution in [0.4, 0.5) is 0 Å². The van der Waals surface area contributed by atoms with Crippen molar-refractivity contribution in [2.45, 2.75) is 53.2 Å². The van der Waals surface area contributed by atoms with Gasteiger partial charge in [0.2, 0.25) is 5.91 Å². The average Bonchev–Trinajstić information content (AvgIpc) is 2.35. The molecule has 0 aromatic rings. The van der Waals surface area contributed by atoms with E-state index in [0.29, 0.717) is 24.6 Å². The standard InChI is InChI=1S/C15H30N2O2/c1-7-17(6)14(18)9-16-12-8-13(15(12,4)5)19-10-11(2)3/h11-13,16H,7-10H2,1-6H3. The maximum absolute atomic E-state index is 11.8. The van der Waals surface area contributed by atoms with Gasteiger partial charge in [-0.05, 0) is 19.3 Å². The largest absolute Gasteiger partial charge is 0.377 e. The van der Waals surface area contributed by atoms with Crippen molar-refractivity contribution in [3.8, 4) is 0 Å². The molecule has 1 amide bonds. The van der Waals surface area contributed by atoms with Crippen molar-refractivity contribution in [2.24, 2.45) is 11.3 Å². The molecular weight excluding hydrogens is 240 g/mol. The van der Waals surface area contributed by atoms with Gasteiger partial charge in [0.25, 0.3) is 0 Å². The summed E-state index contributed by atoms with van der Waals surface area (Å²) in [6.07, 6.45) is 1.31. The van der Waals surface area contributed by atoms with E-state index in [2.05, 4.69) is 33.0 Å². The predicted octanol–water partition coefficient (Wildman–Crippen LogP) is 1.89. The Kier molecular flexibility index (Phi) is 5.81. The SMILES string of the molecule is CCN(C)C(=O)CNC1CC(OCC(C)C)C1(C)C. The summed E-state index contributed by atoms with van der Waals surface area (Å²) in [5.74, 6) is 0.729. The first-order chi connectivity index (χ1) is 8.78. The third-order valence-electron chi connectivity index (χ3n) is 4.21. The number of amides is 1. The van der Waals surface area contributed by atoms with Crippen molar-refractivity contribution < 1.29 is 9.53 Å². The van der Waals surface area contributed by atoms with Crippen molar-refractivity contribution in [1.29, 1.82) is 0 Å². The quantitative estimate of drug-likeness (QED) is 0.768. The molecule has 0 aromatic heterocycles. The van der Waals surface area contributed by atoms with E-state index in [0.717, 1.165) is 19.6 Å². The Labute approximate surface area is 117 Å².